The zero-order valence-corrected chi connectivity index (χ0v) is 15.4. The molecule has 132 valence electrons. The summed E-state index contributed by atoms with van der Waals surface area (Å²) >= 11 is 0. The quantitative estimate of drug-likeness (QED) is 0.751. The van der Waals surface area contributed by atoms with Gasteiger partial charge in [-0.1, -0.05) is 51.1 Å². The fourth-order valence-electron chi connectivity index (χ4n) is 3.22. The summed E-state index contributed by atoms with van der Waals surface area (Å²) in [5.41, 5.74) is 4.93. The molecule has 4 rings (SSSR count). The topological polar surface area (TPSA) is 53.9 Å². The van der Waals surface area contributed by atoms with Crippen molar-refractivity contribution < 1.29 is 0 Å². The highest BCUT2D eigenvalue weighted by molar-refractivity contribution is 5.66. The highest BCUT2D eigenvalue weighted by Crippen LogP contribution is 2.32. The van der Waals surface area contributed by atoms with E-state index >= 15 is 0 Å². The van der Waals surface area contributed by atoms with E-state index in [4.69, 9.17) is 0 Å². The lowest BCUT2D eigenvalue weighted by Gasteiger charge is -2.19. The van der Waals surface area contributed by atoms with Gasteiger partial charge in [0.15, 0.2) is 5.82 Å². The maximum Gasteiger partial charge on any atom is 0.251 e. The first kappa shape index (κ1) is 16.5. The fourth-order valence-corrected chi connectivity index (χ4v) is 3.22. The van der Waals surface area contributed by atoms with Crippen LogP contribution in [0.4, 0.5) is 23.1 Å². The van der Waals surface area contributed by atoms with Gasteiger partial charge in [0.05, 0.1) is 6.20 Å². The largest absolute Gasteiger partial charge is 0.339 e. The second kappa shape index (κ2) is 6.41. The van der Waals surface area contributed by atoms with E-state index in [1.165, 1.54) is 16.8 Å². The maximum atomic E-state index is 4.66. The number of anilines is 4. The van der Waals surface area contributed by atoms with Crippen LogP contribution >= 0.6 is 0 Å². The Labute approximate surface area is 154 Å². The molecule has 0 bridgehead atoms. The van der Waals surface area contributed by atoms with Crippen LogP contribution in [0.2, 0.25) is 0 Å². The molecule has 0 radical (unpaired) electrons. The number of fused-ring (bicyclic) bond motifs is 1. The number of benzene rings is 2. The summed E-state index contributed by atoms with van der Waals surface area (Å²) in [7, 11) is 0. The van der Waals surface area contributed by atoms with E-state index < -0.39 is 0 Å². The predicted molar refractivity (Wildman–Crippen MR) is 105 cm³/mol. The summed E-state index contributed by atoms with van der Waals surface area (Å²) < 4.78 is 0. The molecule has 2 heterocycles. The van der Waals surface area contributed by atoms with Crippen molar-refractivity contribution in [3.05, 3.63) is 65.9 Å². The van der Waals surface area contributed by atoms with Crippen LogP contribution in [0, 0.1) is 0 Å². The van der Waals surface area contributed by atoms with Gasteiger partial charge in [-0.05, 0) is 41.2 Å². The lowest BCUT2D eigenvalue weighted by Crippen LogP contribution is -2.17. The second-order valence-electron chi connectivity index (χ2n) is 7.62. The van der Waals surface area contributed by atoms with Gasteiger partial charge in [-0.2, -0.15) is 10.1 Å². The van der Waals surface area contributed by atoms with E-state index in [-0.39, 0.29) is 5.41 Å². The molecule has 1 aliphatic rings. The third kappa shape index (κ3) is 3.25. The number of rotatable bonds is 3. The second-order valence-corrected chi connectivity index (χ2v) is 7.62. The van der Waals surface area contributed by atoms with E-state index in [0.717, 1.165) is 18.7 Å². The molecule has 5 heteroatoms. The summed E-state index contributed by atoms with van der Waals surface area (Å²) in [6.45, 7) is 7.52. The molecule has 3 aromatic rings. The first-order valence-corrected chi connectivity index (χ1v) is 8.93. The molecule has 1 aliphatic heterocycles. The van der Waals surface area contributed by atoms with Gasteiger partial charge in [-0.3, -0.25) is 0 Å². The fraction of sp³-hybridized carbons (Fsp3) is 0.286. The van der Waals surface area contributed by atoms with Crippen molar-refractivity contribution in [3.8, 4) is 0 Å². The van der Waals surface area contributed by atoms with Crippen molar-refractivity contribution in [2.45, 2.75) is 32.6 Å². The van der Waals surface area contributed by atoms with E-state index in [9.17, 15) is 0 Å². The van der Waals surface area contributed by atoms with Crippen molar-refractivity contribution in [2.75, 3.05) is 16.8 Å². The average Bonchev–Trinajstić information content (AvgIpc) is 3.06. The summed E-state index contributed by atoms with van der Waals surface area (Å²) in [6, 6.07) is 16.8. The normalized spacial score (nSPS) is 13.6. The Kier molecular flexibility index (Phi) is 4.07. The first-order chi connectivity index (χ1) is 12.5. The number of nitrogens with one attached hydrogen (secondary N) is 1. The number of nitrogens with zero attached hydrogens (tertiary/aromatic N) is 4. The van der Waals surface area contributed by atoms with E-state index in [1.807, 2.05) is 6.07 Å². The smallest absolute Gasteiger partial charge is 0.251 e. The van der Waals surface area contributed by atoms with Gasteiger partial charge in [0.2, 0.25) is 0 Å². The summed E-state index contributed by atoms with van der Waals surface area (Å²) in [5, 5.41) is 11.7. The number of aromatic nitrogens is 3. The summed E-state index contributed by atoms with van der Waals surface area (Å²) in [6.07, 6.45) is 2.66. The zero-order chi connectivity index (χ0) is 18.1. The molecule has 0 aliphatic carbocycles. The standard InChI is InChI=1S/C21H23N5/c1-21(2,3)16-8-10-17(11-9-16)23-19-14-22-25-20(24-19)26-13-12-15-6-4-5-7-18(15)26/h4-11,14H,12-13H2,1-3H3,(H,23,24,25). The molecule has 0 saturated heterocycles. The van der Waals surface area contributed by atoms with Gasteiger partial charge < -0.3 is 10.2 Å². The summed E-state index contributed by atoms with van der Waals surface area (Å²) in [5.74, 6) is 1.33. The molecule has 0 unspecified atom stereocenters. The molecular formula is C21H23N5. The average molecular weight is 345 g/mol. The van der Waals surface area contributed by atoms with Gasteiger partial charge in [0.25, 0.3) is 5.95 Å². The Morgan fingerprint density at radius 3 is 2.54 bits per heavy atom. The minimum atomic E-state index is 0.144. The van der Waals surface area contributed by atoms with Crippen molar-refractivity contribution in [2.24, 2.45) is 0 Å². The Morgan fingerprint density at radius 2 is 1.77 bits per heavy atom. The van der Waals surface area contributed by atoms with Crippen LogP contribution in [0.3, 0.4) is 0 Å². The van der Waals surface area contributed by atoms with E-state index in [1.54, 1.807) is 6.20 Å². The van der Waals surface area contributed by atoms with Gasteiger partial charge in [-0.15, -0.1) is 5.10 Å². The predicted octanol–water partition coefficient (Wildman–Crippen LogP) is 4.61. The van der Waals surface area contributed by atoms with E-state index in [0.29, 0.717) is 11.8 Å². The van der Waals surface area contributed by atoms with Gasteiger partial charge >= 0.3 is 0 Å². The van der Waals surface area contributed by atoms with E-state index in [2.05, 4.69) is 88.6 Å². The Morgan fingerprint density at radius 1 is 1.00 bits per heavy atom. The Bertz CT molecular complexity index is 912. The SMILES string of the molecule is CC(C)(C)c1ccc(Nc2cnnc(N3CCc4ccccc43)n2)cc1. The molecule has 26 heavy (non-hydrogen) atoms. The number of hydrogen-bond acceptors (Lipinski definition) is 5. The minimum Gasteiger partial charge on any atom is -0.339 e. The van der Waals surface area contributed by atoms with Crippen LogP contribution in [-0.2, 0) is 11.8 Å². The molecule has 0 amide bonds. The van der Waals surface area contributed by atoms with Crippen LogP contribution < -0.4 is 10.2 Å². The number of hydrogen-bond donors (Lipinski definition) is 1. The van der Waals surface area contributed by atoms with Crippen molar-refractivity contribution in [3.63, 3.8) is 0 Å². The third-order valence-electron chi connectivity index (χ3n) is 4.70. The third-order valence-corrected chi connectivity index (χ3v) is 4.70. The lowest BCUT2D eigenvalue weighted by molar-refractivity contribution is 0.590. The molecule has 5 nitrogen and oxygen atoms in total. The van der Waals surface area contributed by atoms with Crippen molar-refractivity contribution in [1.29, 1.82) is 0 Å². The highest BCUT2D eigenvalue weighted by Gasteiger charge is 2.22. The molecule has 1 N–H and O–H groups in total. The molecule has 2 aromatic carbocycles. The van der Waals surface area contributed by atoms with Crippen molar-refractivity contribution in [1.82, 2.24) is 15.2 Å². The molecule has 0 saturated carbocycles. The van der Waals surface area contributed by atoms with Crippen LogP contribution in [0.15, 0.2) is 54.7 Å². The Balaban J connectivity index is 1.55. The molecule has 0 fully saturated rings. The van der Waals surface area contributed by atoms with Crippen LogP contribution in [-0.4, -0.2) is 21.7 Å². The number of para-hydroxylation sites is 1. The van der Waals surface area contributed by atoms with Gasteiger partial charge in [0.1, 0.15) is 0 Å². The van der Waals surface area contributed by atoms with Gasteiger partial charge in [-0.25, -0.2) is 0 Å². The minimum absolute atomic E-state index is 0.144. The van der Waals surface area contributed by atoms with Crippen molar-refractivity contribution >= 4 is 23.1 Å². The van der Waals surface area contributed by atoms with Crippen LogP contribution in [0.5, 0.6) is 0 Å². The molecule has 0 spiro atoms. The lowest BCUT2D eigenvalue weighted by atomic mass is 9.87. The zero-order valence-electron chi connectivity index (χ0n) is 15.4. The molecule has 1 aromatic heterocycles. The highest BCUT2D eigenvalue weighted by atomic mass is 15.3. The maximum absolute atomic E-state index is 4.66. The van der Waals surface area contributed by atoms with Crippen LogP contribution in [0.25, 0.3) is 0 Å². The summed E-state index contributed by atoms with van der Waals surface area (Å²) in [4.78, 5) is 6.78. The monoisotopic (exact) mass is 345 g/mol. The Hall–Kier alpha value is -2.95. The van der Waals surface area contributed by atoms with Crippen LogP contribution in [0.1, 0.15) is 31.9 Å². The molecule has 0 atom stereocenters. The molecular weight excluding hydrogens is 322 g/mol. The van der Waals surface area contributed by atoms with Gasteiger partial charge in [0, 0.05) is 17.9 Å². The first-order valence-electron chi connectivity index (χ1n) is 8.93.